The van der Waals surface area contributed by atoms with Gasteiger partial charge in [0.2, 0.25) is 7.41 Å². The molecule has 0 amide bonds. The smallest absolute Gasteiger partial charge is 0.244 e. The largest absolute Gasteiger partial charge is 0.315 e. The van der Waals surface area contributed by atoms with Crippen LogP contribution in [0.3, 0.4) is 0 Å². The summed E-state index contributed by atoms with van der Waals surface area (Å²) in [4.78, 5) is 4.64. The van der Waals surface area contributed by atoms with E-state index in [2.05, 4.69) is 10.2 Å². The topological polar surface area (TPSA) is 45.0 Å². The molecule has 1 heterocycles. The second kappa shape index (κ2) is 11.7. The van der Waals surface area contributed by atoms with E-state index >= 15 is 0 Å². The first-order valence-corrected chi connectivity index (χ1v) is 4.41. The Morgan fingerprint density at radius 2 is 1.64 bits per heavy atom. The van der Waals surface area contributed by atoms with Crippen LogP contribution in [-0.2, 0) is 4.84 Å². The Morgan fingerprint density at radius 1 is 1.21 bits per heavy atom. The van der Waals surface area contributed by atoms with Crippen molar-refractivity contribution in [2.45, 2.75) is 13.2 Å². The number of nitrogens with one attached hydrogen (secondary N) is 1. The molecule has 0 atom stereocenters. The highest BCUT2D eigenvalue weighted by Gasteiger charge is 1.96. The van der Waals surface area contributed by atoms with Gasteiger partial charge in [-0.25, -0.2) is 0 Å². The zero-order valence-corrected chi connectivity index (χ0v) is 8.31. The third-order valence-corrected chi connectivity index (χ3v) is 1.20. The second-order valence-corrected chi connectivity index (χ2v) is 2.34. The van der Waals surface area contributed by atoms with Gasteiger partial charge in [-0.3, -0.25) is 5.39 Å². The molecule has 2 rings (SSSR count). The summed E-state index contributed by atoms with van der Waals surface area (Å²) >= 11 is 0. The molecule has 3 nitrogen and oxygen atoms in total. The fourth-order valence-electron chi connectivity index (χ4n) is 0.680. The molecule has 1 saturated heterocycles. The van der Waals surface area contributed by atoms with Gasteiger partial charge in [0.05, 0.1) is 12.7 Å². The number of benzene rings is 1. The van der Waals surface area contributed by atoms with E-state index in [9.17, 15) is 0 Å². The lowest BCUT2D eigenvalue weighted by Gasteiger charge is -1.80. The zero-order chi connectivity index (χ0) is 10.5. The molecule has 73 valence electrons. The van der Waals surface area contributed by atoms with Gasteiger partial charge in [0.25, 0.3) is 0 Å². The van der Waals surface area contributed by atoms with Crippen LogP contribution in [-0.4, -0.2) is 14.0 Å². The molecular weight excluding hydrogens is 175 g/mol. The van der Waals surface area contributed by atoms with Crippen LogP contribution in [0.5, 0.6) is 0 Å². The van der Waals surface area contributed by atoms with Crippen LogP contribution in [0.1, 0.15) is 6.92 Å². The molecule has 0 spiro atoms. The predicted octanol–water partition coefficient (Wildman–Crippen LogP) is 1.78. The lowest BCUT2D eigenvalue weighted by molar-refractivity contribution is 0.128. The molecule has 14 heavy (non-hydrogen) atoms. The molecule has 0 bridgehead atoms. The van der Waals surface area contributed by atoms with Crippen molar-refractivity contribution in [2.24, 2.45) is 0 Å². The van der Waals surface area contributed by atoms with Gasteiger partial charge < -0.3 is 4.84 Å². The average molecular weight is 189 g/mol. The monoisotopic (exact) mass is 189 g/mol. The lowest BCUT2D eigenvalue weighted by atomic mass is 9.94. The van der Waals surface area contributed by atoms with Crippen molar-refractivity contribution in [3.05, 3.63) is 36.4 Å². The SMILES string of the molecule is CC#N.[B]1CCON1.c1ccccc1. The Hall–Kier alpha value is -1.31. The predicted molar refractivity (Wildman–Crippen MR) is 57.4 cm³/mol. The molecule has 0 aliphatic carbocycles. The third-order valence-electron chi connectivity index (χ3n) is 1.20. The van der Waals surface area contributed by atoms with Crippen LogP contribution in [0.15, 0.2) is 36.4 Å². The summed E-state index contributed by atoms with van der Waals surface area (Å²) in [6.45, 7) is 2.26. The van der Waals surface area contributed by atoms with Crippen molar-refractivity contribution in [1.29, 1.82) is 5.26 Å². The lowest BCUT2D eigenvalue weighted by Crippen LogP contribution is -2.05. The number of rotatable bonds is 0. The van der Waals surface area contributed by atoms with Gasteiger partial charge in [0.15, 0.2) is 0 Å². The van der Waals surface area contributed by atoms with Crippen LogP contribution in [0, 0.1) is 11.3 Å². The van der Waals surface area contributed by atoms with Crippen LogP contribution in [0.2, 0.25) is 6.32 Å². The molecule has 0 unspecified atom stereocenters. The van der Waals surface area contributed by atoms with Crippen molar-refractivity contribution in [2.75, 3.05) is 6.61 Å². The van der Waals surface area contributed by atoms with Crippen LogP contribution in [0.25, 0.3) is 0 Å². The quantitative estimate of drug-likeness (QED) is 0.632. The summed E-state index contributed by atoms with van der Waals surface area (Å²) in [5, 5.41) is 9.92. The summed E-state index contributed by atoms with van der Waals surface area (Å²) < 4.78 is 0. The van der Waals surface area contributed by atoms with Gasteiger partial charge in [-0.2, -0.15) is 5.26 Å². The van der Waals surface area contributed by atoms with Crippen molar-refractivity contribution >= 4 is 7.41 Å². The average Bonchev–Trinajstić information content (AvgIpc) is 2.80. The highest BCUT2D eigenvalue weighted by Crippen LogP contribution is 1.82. The molecule has 0 aromatic heterocycles. The summed E-state index contributed by atoms with van der Waals surface area (Å²) in [6, 6.07) is 13.8. The second-order valence-electron chi connectivity index (χ2n) is 2.34. The van der Waals surface area contributed by atoms with Crippen LogP contribution in [0.4, 0.5) is 0 Å². The zero-order valence-electron chi connectivity index (χ0n) is 8.31. The standard InChI is InChI=1S/C6H6.C2H5BNO.C2H3N/c1-2-4-6-5-3-1;1-2-5-4-3-1;1-2-3/h1-6H;4H,1-2H2;1H3. The van der Waals surface area contributed by atoms with Crippen molar-refractivity contribution < 1.29 is 4.84 Å². The maximum atomic E-state index is 7.32. The molecular formula is C10H14BN2O. The Bertz CT molecular complexity index is 197. The fraction of sp³-hybridized carbons (Fsp3) is 0.300. The van der Waals surface area contributed by atoms with Gasteiger partial charge in [-0.05, 0) is 6.32 Å². The minimum atomic E-state index is 0.833. The van der Waals surface area contributed by atoms with Crippen molar-refractivity contribution in [3.63, 3.8) is 0 Å². The molecule has 1 fully saturated rings. The Morgan fingerprint density at radius 3 is 1.79 bits per heavy atom. The van der Waals surface area contributed by atoms with Crippen molar-refractivity contribution in [1.82, 2.24) is 5.39 Å². The van der Waals surface area contributed by atoms with Gasteiger partial charge in [0.1, 0.15) is 0 Å². The van der Waals surface area contributed by atoms with E-state index in [1.807, 2.05) is 43.8 Å². The maximum Gasteiger partial charge on any atom is 0.244 e. The maximum absolute atomic E-state index is 7.32. The van der Waals surface area contributed by atoms with E-state index in [0.29, 0.717) is 0 Å². The van der Waals surface area contributed by atoms with Crippen LogP contribution >= 0.6 is 0 Å². The number of nitriles is 1. The van der Waals surface area contributed by atoms with E-state index in [-0.39, 0.29) is 0 Å². The molecule has 4 heteroatoms. The normalized spacial score (nSPS) is 12.0. The van der Waals surface area contributed by atoms with Gasteiger partial charge in [-0.15, -0.1) is 0 Å². The van der Waals surface area contributed by atoms with E-state index in [1.54, 1.807) is 6.07 Å². The van der Waals surface area contributed by atoms with Crippen LogP contribution < -0.4 is 5.39 Å². The highest BCUT2D eigenvalue weighted by molar-refractivity contribution is 6.32. The molecule has 1 aliphatic rings. The van der Waals surface area contributed by atoms with Gasteiger partial charge >= 0.3 is 0 Å². The minimum Gasteiger partial charge on any atom is -0.315 e. The summed E-state index contributed by atoms with van der Waals surface area (Å²) in [5.41, 5.74) is 0. The third kappa shape index (κ3) is 10.7. The molecule has 1 radical (unpaired) electrons. The molecule has 1 N–H and O–H groups in total. The number of nitrogens with zero attached hydrogens (tertiary/aromatic N) is 1. The molecule has 1 aliphatic heterocycles. The first-order valence-electron chi connectivity index (χ1n) is 4.41. The summed E-state index contributed by atoms with van der Waals surface area (Å²) in [6.07, 6.45) is 1.04. The molecule has 1 aromatic carbocycles. The minimum absolute atomic E-state index is 0.833. The van der Waals surface area contributed by atoms with E-state index in [1.165, 1.54) is 6.92 Å². The molecule has 0 saturated carbocycles. The van der Waals surface area contributed by atoms with Gasteiger partial charge in [0, 0.05) is 6.92 Å². The summed E-state index contributed by atoms with van der Waals surface area (Å²) in [5.74, 6) is 0. The Balaban J connectivity index is 0.000000193. The fourth-order valence-corrected chi connectivity index (χ4v) is 0.680. The first kappa shape index (κ1) is 12.7. The first-order chi connectivity index (χ1) is 6.91. The summed E-state index contributed by atoms with van der Waals surface area (Å²) in [7, 11) is 1.89. The number of hydrogen-bond donors (Lipinski definition) is 1. The van der Waals surface area contributed by atoms with E-state index in [0.717, 1.165) is 12.9 Å². The molecule has 1 aromatic rings. The van der Waals surface area contributed by atoms with E-state index in [4.69, 9.17) is 5.26 Å². The van der Waals surface area contributed by atoms with Crippen molar-refractivity contribution in [3.8, 4) is 6.07 Å². The Labute approximate surface area is 85.9 Å². The van der Waals surface area contributed by atoms with Gasteiger partial charge in [-0.1, -0.05) is 36.4 Å². The Kier molecular flexibility index (Phi) is 10.6. The van der Waals surface area contributed by atoms with E-state index < -0.39 is 0 Å². The highest BCUT2D eigenvalue weighted by atomic mass is 16.6. The number of hydrogen-bond acceptors (Lipinski definition) is 3.